The number of pyridine rings is 1. The number of hydrogen-bond acceptors (Lipinski definition) is 3. The molecule has 0 bridgehead atoms. The predicted octanol–water partition coefficient (Wildman–Crippen LogP) is 4.50. The maximum atomic E-state index is 12.1. The van der Waals surface area contributed by atoms with Crippen molar-refractivity contribution in [1.29, 1.82) is 0 Å². The van der Waals surface area contributed by atoms with Gasteiger partial charge in [-0.15, -0.1) is 11.3 Å². The van der Waals surface area contributed by atoms with E-state index in [0.29, 0.717) is 0 Å². The summed E-state index contributed by atoms with van der Waals surface area (Å²) in [5, 5.41) is 1.06. The molecule has 3 heteroatoms. The van der Waals surface area contributed by atoms with Gasteiger partial charge < -0.3 is 0 Å². The third-order valence-corrected chi connectivity index (χ3v) is 4.10. The summed E-state index contributed by atoms with van der Waals surface area (Å²) < 4.78 is 0. The standard InChI is InChI=1S/C17H13NOS/c1-12-6-9-17(20-12)16(19)8-7-13-10-11-18-15-5-3-2-4-14(13)15/h2-11H,1H3/b8-7+. The van der Waals surface area contributed by atoms with Crippen LogP contribution in [0.5, 0.6) is 0 Å². The Hall–Kier alpha value is -2.26. The molecule has 0 aliphatic heterocycles. The first-order chi connectivity index (χ1) is 9.74. The fourth-order valence-electron chi connectivity index (χ4n) is 2.08. The summed E-state index contributed by atoms with van der Waals surface area (Å²) in [4.78, 5) is 18.3. The number of carbonyl (C=O) groups excluding carboxylic acids is 1. The molecular formula is C17H13NOS. The van der Waals surface area contributed by atoms with Gasteiger partial charge in [0.1, 0.15) is 0 Å². The van der Waals surface area contributed by atoms with Crippen LogP contribution in [0.4, 0.5) is 0 Å². The topological polar surface area (TPSA) is 30.0 Å². The van der Waals surface area contributed by atoms with Gasteiger partial charge in [-0.1, -0.05) is 24.3 Å². The SMILES string of the molecule is Cc1ccc(C(=O)/C=C/c2ccnc3ccccc23)s1. The van der Waals surface area contributed by atoms with E-state index in [-0.39, 0.29) is 5.78 Å². The number of thiophene rings is 1. The third-order valence-electron chi connectivity index (χ3n) is 3.08. The Morgan fingerprint density at radius 3 is 2.80 bits per heavy atom. The normalized spacial score (nSPS) is 11.2. The van der Waals surface area contributed by atoms with E-state index >= 15 is 0 Å². The zero-order chi connectivity index (χ0) is 13.9. The molecule has 0 amide bonds. The van der Waals surface area contributed by atoms with Crippen LogP contribution in [0.15, 0.2) is 54.7 Å². The van der Waals surface area contributed by atoms with Crippen molar-refractivity contribution in [2.24, 2.45) is 0 Å². The van der Waals surface area contributed by atoms with Crippen LogP contribution in [0.1, 0.15) is 20.1 Å². The lowest BCUT2D eigenvalue weighted by Crippen LogP contribution is -1.89. The number of benzene rings is 1. The third kappa shape index (κ3) is 2.53. The van der Waals surface area contributed by atoms with E-state index in [0.717, 1.165) is 26.2 Å². The first kappa shape index (κ1) is 12.8. The van der Waals surface area contributed by atoms with E-state index in [4.69, 9.17) is 0 Å². The molecular weight excluding hydrogens is 266 g/mol. The molecule has 0 atom stereocenters. The van der Waals surface area contributed by atoms with Crippen LogP contribution in [-0.4, -0.2) is 10.8 Å². The van der Waals surface area contributed by atoms with Gasteiger partial charge in [-0.3, -0.25) is 9.78 Å². The molecule has 0 unspecified atom stereocenters. The van der Waals surface area contributed by atoms with Crippen LogP contribution in [0.3, 0.4) is 0 Å². The highest BCUT2D eigenvalue weighted by Gasteiger charge is 2.04. The van der Waals surface area contributed by atoms with Crippen molar-refractivity contribution in [1.82, 2.24) is 4.98 Å². The Labute approximate surface area is 121 Å². The second-order valence-electron chi connectivity index (χ2n) is 4.53. The molecule has 0 aliphatic rings. The smallest absolute Gasteiger partial charge is 0.195 e. The fraction of sp³-hybridized carbons (Fsp3) is 0.0588. The molecule has 0 saturated carbocycles. The average molecular weight is 279 g/mol. The number of para-hydroxylation sites is 1. The summed E-state index contributed by atoms with van der Waals surface area (Å²) in [5.74, 6) is 0.0454. The first-order valence-corrected chi connectivity index (χ1v) is 7.18. The Kier molecular flexibility index (Phi) is 3.44. The maximum absolute atomic E-state index is 12.1. The van der Waals surface area contributed by atoms with Gasteiger partial charge in [-0.05, 0) is 42.8 Å². The second-order valence-corrected chi connectivity index (χ2v) is 5.81. The average Bonchev–Trinajstić information content (AvgIpc) is 2.91. The number of allylic oxidation sites excluding steroid dienone is 1. The van der Waals surface area contributed by atoms with Gasteiger partial charge in [-0.25, -0.2) is 0 Å². The second kappa shape index (κ2) is 5.39. The highest BCUT2D eigenvalue weighted by molar-refractivity contribution is 7.14. The van der Waals surface area contributed by atoms with Crippen LogP contribution < -0.4 is 0 Å². The van der Waals surface area contributed by atoms with Crippen LogP contribution >= 0.6 is 11.3 Å². The summed E-state index contributed by atoms with van der Waals surface area (Å²) in [5.41, 5.74) is 1.95. The molecule has 0 aliphatic carbocycles. The van der Waals surface area contributed by atoms with Gasteiger partial charge in [0.05, 0.1) is 10.4 Å². The molecule has 2 nitrogen and oxygen atoms in total. The minimum absolute atomic E-state index is 0.0454. The van der Waals surface area contributed by atoms with Crippen molar-refractivity contribution in [2.45, 2.75) is 6.92 Å². The zero-order valence-corrected chi connectivity index (χ0v) is 11.9. The molecule has 0 saturated heterocycles. The molecule has 1 aromatic carbocycles. The van der Waals surface area contributed by atoms with E-state index < -0.39 is 0 Å². The van der Waals surface area contributed by atoms with Gasteiger partial charge in [0.25, 0.3) is 0 Å². The van der Waals surface area contributed by atoms with E-state index in [1.54, 1.807) is 12.3 Å². The van der Waals surface area contributed by atoms with Gasteiger partial charge in [0, 0.05) is 16.5 Å². The lowest BCUT2D eigenvalue weighted by Gasteiger charge is -2.00. The number of ketones is 1. The van der Waals surface area contributed by atoms with Crippen LogP contribution in [0.25, 0.3) is 17.0 Å². The van der Waals surface area contributed by atoms with Gasteiger partial charge in [0.2, 0.25) is 0 Å². The highest BCUT2D eigenvalue weighted by atomic mass is 32.1. The van der Waals surface area contributed by atoms with Crippen LogP contribution in [-0.2, 0) is 0 Å². The maximum Gasteiger partial charge on any atom is 0.195 e. The Balaban J connectivity index is 1.93. The Morgan fingerprint density at radius 1 is 1.15 bits per heavy atom. The number of fused-ring (bicyclic) bond motifs is 1. The zero-order valence-electron chi connectivity index (χ0n) is 11.0. The summed E-state index contributed by atoms with van der Waals surface area (Å²) in [6.07, 6.45) is 5.26. The van der Waals surface area contributed by atoms with Crippen molar-refractivity contribution in [3.8, 4) is 0 Å². The van der Waals surface area contributed by atoms with E-state index in [1.165, 1.54) is 11.3 Å². The summed E-state index contributed by atoms with van der Waals surface area (Å²) in [7, 11) is 0. The minimum Gasteiger partial charge on any atom is -0.288 e. The Bertz CT molecular complexity index is 796. The summed E-state index contributed by atoms with van der Waals surface area (Å²) in [6.45, 7) is 2.00. The number of rotatable bonds is 3. The highest BCUT2D eigenvalue weighted by Crippen LogP contribution is 2.19. The molecule has 2 heterocycles. The number of carbonyl (C=O) groups is 1. The summed E-state index contributed by atoms with van der Waals surface area (Å²) in [6, 6.07) is 13.7. The fourth-order valence-corrected chi connectivity index (χ4v) is 2.87. The monoisotopic (exact) mass is 279 g/mol. The van der Waals surface area contributed by atoms with Crippen LogP contribution in [0.2, 0.25) is 0 Å². The number of hydrogen-bond donors (Lipinski definition) is 0. The van der Waals surface area contributed by atoms with Crippen molar-refractivity contribution in [3.05, 3.63) is 70.1 Å². The molecule has 2 aromatic heterocycles. The molecule has 3 rings (SSSR count). The quantitative estimate of drug-likeness (QED) is 0.522. The number of aryl methyl sites for hydroxylation is 1. The molecule has 20 heavy (non-hydrogen) atoms. The number of aromatic nitrogens is 1. The van der Waals surface area contributed by atoms with E-state index in [9.17, 15) is 4.79 Å². The Morgan fingerprint density at radius 2 is 2.00 bits per heavy atom. The van der Waals surface area contributed by atoms with Crippen molar-refractivity contribution in [3.63, 3.8) is 0 Å². The van der Waals surface area contributed by atoms with Crippen molar-refractivity contribution < 1.29 is 4.79 Å². The minimum atomic E-state index is 0.0454. The van der Waals surface area contributed by atoms with E-state index in [2.05, 4.69) is 4.98 Å². The molecule has 3 aromatic rings. The summed E-state index contributed by atoms with van der Waals surface area (Å²) >= 11 is 1.52. The molecule has 0 fully saturated rings. The molecule has 98 valence electrons. The van der Waals surface area contributed by atoms with Crippen molar-refractivity contribution in [2.75, 3.05) is 0 Å². The largest absolute Gasteiger partial charge is 0.288 e. The lowest BCUT2D eigenvalue weighted by molar-refractivity contribution is 0.105. The van der Waals surface area contributed by atoms with Crippen LogP contribution in [0, 0.1) is 6.92 Å². The van der Waals surface area contributed by atoms with Gasteiger partial charge in [0.15, 0.2) is 5.78 Å². The van der Waals surface area contributed by atoms with E-state index in [1.807, 2.05) is 55.5 Å². The molecule has 0 radical (unpaired) electrons. The molecule has 0 N–H and O–H groups in total. The molecule has 0 spiro atoms. The number of nitrogens with zero attached hydrogens (tertiary/aromatic N) is 1. The van der Waals surface area contributed by atoms with Gasteiger partial charge >= 0.3 is 0 Å². The van der Waals surface area contributed by atoms with Gasteiger partial charge in [-0.2, -0.15) is 0 Å². The first-order valence-electron chi connectivity index (χ1n) is 6.36. The lowest BCUT2D eigenvalue weighted by atomic mass is 10.1. The predicted molar refractivity (Wildman–Crippen MR) is 84.2 cm³/mol. The van der Waals surface area contributed by atoms with Crippen molar-refractivity contribution >= 4 is 34.1 Å².